The van der Waals surface area contributed by atoms with E-state index in [2.05, 4.69) is 4.72 Å². The Kier molecular flexibility index (Phi) is 4.72. The molecule has 2 aromatic rings. The van der Waals surface area contributed by atoms with Gasteiger partial charge in [-0.15, -0.1) is 0 Å². The molecule has 7 heteroatoms. The Balaban J connectivity index is 2.39. The standard InChI is InChI=1S/C14H15ClN2O3S/c1-2-17-21(18,19)10-7-8-12(16)14(9-10)20-13-6-4-3-5-11(13)15/h3-9,17H,2,16H2,1H3. The van der Waals surface area contributed by atoms with Crippen molar-refractivity contribution in [2.75, 3.05) is 12.3 Å². The van der Waals surface area contributed by atoms with Gasteiger partial charge in [-0.25, -0.2) is 13.1 Å². The molecule has 3 N–H and O–H groups in total. The summed E-state index contributed by atoms with van der Waals surface area (Å²) in [5, 5.41) is 0.414. The number of ether oxygens (including phenoxy) is 1. The van der Waals surface area contributed by atoms with Crippen LogP contribution in [-0.4, -0.2) is 15.0 Å². The summed E-state index contributed by atoms with van der Waals surface area (Å²) in [6.07, 6.45) is 0. The third kappa shape index (κ3) is 3.66. The predicted molar refractivity (Wildman–Crippen MR) is 83.2 cm³/mol. The summed E-state index contributed by atoms with van der Waals surface area (Å²) in [7, 11) is -3.57. The van der Waals surface area contributed by atoms with Crippen LogP contribution in [0.25, 0.3) is 0 Å². The average Bonchev–Trinajstić information content (AvgIpc) is 2.43. The molecule has 0 atom stereocenters. The van der Waals surface area contributed by atoms with Gasteiger partial charge in [0.15, 0.2) is 5.75 Å². The van der Waals surface area contributed by atoms with E-state index in [4.69, 9.17) is 22.1 Å². The van der Waals surface area contributed by atoms with Crippen molar-refractivity contribution in [2.45, 2.75) is 11.8 Å². The summed E-state index contributed by atoms with van der Waals surface area (Å²) in [4.78, 5) is 0.0839. The molecular weight excluding hydrogens is 312 g/mol. The lowest BCUT2D eigenvalue weighted by molar-refractivity contribution is 0.483. The molecule has 0 saturated carbocycles. The molecule has 2 rings (SSSR count). The lowest BCUT2D eigenvalue weighted by Crippen LogP contribution is -2.23. The first-order valence-corrected chi connectivity index (χ1v) is 8.11. The van der Waals surface area contributed by atoms with Gasteiger partial charge in [0, 0.05) is 12.6 Å². The van der Waals surface area contributed by atoms with Crippen LogP contribution in [-0.2, 0) is 10.0 Å². The maximum Gasteiger partial charge on any atom is 0.240 e. The van der Waals surface area contributed by atoms with Gasteiger partial charge in [-0.3, -0.25) is 0 Å². The van der Waals surface area contributed by atoms with E-state index in [0.29, 0.717) is 23.0 Å². The molecule has 0 saturated heterocycles. The van der Waals surface area contributed by atoms with Crippen molar-refractivity contribution in [3.05, 3.63) is 47.5 Å². The zero-order valence-corrected chi connectivity index (χ0v) is 12.9. The molecule has 0 spiro atoms. The lowest BCUT2D eigenvalue weighted by atomic mass is 10.3. The van der Waals surface area contributed by atoms with E-state index in [9.17, 15) is 8.42 Å². The molecule has 21 heavy (non-hydrogen) atoms. The monoisotopic (exact) mass is 326 g/mol. The predicted octanol–water partition coefficient (Wildman–Crippen LogP) is 3.01. The minimum atomic E-state index is -3.57. The average molecular weight is 327 g/mol. The van der Waals surface area contributed by atoms with E-state index in [0.717, 1.165) is 0 Å². The topological polar surface area (TPSA) is 81.4 Å². The number of benzene rings is 2. The normalized spacial score (nSPS) is 11.3. The Morgan fingerprint density at radius 1 is 1.19 bits per heavy atom. The van der Waals surface area contributed by atoms with Crippen LogP contribution in [0.2, 0.25) is 5.02 Å². The highest BCUT2D eigenvalue weighted by Crippen LogP contribution is 2.33. The molecule has 0 unspecified atom stereocenters. The zero-order valence-electron chi connectivity index (χ0n) is 11.3. The summed E-state index contributed by atoms with van der Waals surface area (Å²) in [6.45, 7) is 2.00. The Bertz CT molecular complexity index is 748. The molecule has 0 aliphatic carbocycles. The summed E-state index contributed by atoms with van der Waals surface area (Å²) in [5.41, 5.74) is 6.15. The smallest absolute Gasteiger partial charge is 0.240 e. The number of para-hydroxylation sites is 1. The van der Waals surface area contributed by atoms with E-state index in [1.54, 1.807) is 31.2 Å². The summed E-state index contributed by atoms with van der Waals surface area (Å²) < 4.78 is 32.0. The maximum absolute atomic E-state index is 12.0. The highest BCUT2D eigenvalue weighted by Gasteiger charge is 2.15. The van der Waals surface area contributed by atoms with Gasteiger partial charge in [0.2, 0.25) is 10.0 Å². The molecule has 0 heterocycles. The fraction of sp³-hybridized carbons (Fsp3) is 0.143. The van der Waals surface area contributed by atoms with Crippen molar-refractivity contribution in [1.82, 2.24) is 4.72 Å². The molecule has 0 amide bonds. The fourth-order valence-electron chi connectivity index (χ4n) is 1.69. The third-order valence-corrected chi connectivity index (χ3v) is 4.54. The number of hydrogen-bond acceptors (Lipinski definition) is 4. The number of nitrogen functional groups attached to an aromatic ring is 1. The number of nitrogens with two attached hydrogens (primary N) is 1. The first kappa shape index (κ1) is 15.6. The molecule has 0 aliphatic heterocycles. The molecule has 112 valence electrons. The van der Waals surface area contributed by atoms with Crippen LogP contribution >= 0.6 is 11.6 Å². The number of rotatable bonds is 5. The first-order chi connectivity index (χ1) is 9.94. The number of sulfonamides is 1. The van der Waals surface area contributed by atoms with Crippen LogP contribution < -0.4 is 15.2 Å². The van der Waals surface area contributed by atoms with Crippen LogP contribution in [0.4, 0.5) is 5.69 Å². The van der Waals surface area contributed by atoms with Crippen molar-refractivity contribution in [2.24, 2.45) is 0 Å². The molecule has 5 nitrogen and oxygen atoms in total. The highest BCUT2D eigenvalue weighted by atomic mass is 35.5. The highest BCUT2D eigenvalue weighted by molar-refractivity contribution is 7.89. The number of anilines is 1. The van der Waals surface area contributed by atoms with Gasteiger partial charge >= 0.3 is 0 Å². The second-order valence-corrected chi connectivity index (χ2v) is 6.41. The van der Waals surface area contributed by atoms with Gasteiger partial charge in [0.05, 0.1) is 15.6 Å². The minimum absolute atomic E-state index is 0.0839. The van der Waals surface area contributed by atoms with Crippen molar-refractivity contribution in [3.63, 3.8) is 0 Å². The van der Waals surface area contributed by atoms with E-state index in [1.165, 1.54) is 18.2 Å². The van der Waals surface area contributed by atoms with Gasteiger partial charge in [0.25, 0.3) is 0 Å². The number of hydrogen-bond donors (Lipinski definition) is 2. The second kappa shape index (κ2) is 6.34. The fourth-order valence-corrected chi connectivity index (χ4v) is 2.92. The van der Waals surface area contributed by atoms with Crippen LogP contribution in [0, 0.1) is 0 Å². The lowest BCUT2D eigenvalue weighted by Gasteiger charge is -2.12. The zero-order chi connectivity index (χ0) is 15.5. The Morgan fingerprint density at radius 3 is 2.57 bits per heavy atom. The van der Waals surface area contributed by atoms with Crippen molar-refractivity contribution in [3.8, 4) is 11.5 Å². The third-order valence-electron chi connectivity index (χ3n) is 2.69. The van der Waals surface area contributed by atoms with Crippen LogP contribution in [0.5, 0.6) is 11.5 Å². The molecule has 0 radical (unpaired) electrons. The number of halogens is 1. The van der Waals surface area contributed by atoms with Gasteiger partial charge in [0.1, 0.15) is 5.75 Å². The largest absolute Gasteiger partial charge is 0.454 e. The maximum atomic E-state index is 12.0. The van der Waals surface area contributed by atoms with Crippen molar-refractivity contribution in [1.29, 1.82) is 0 Å². The van der Waals surface area contributed by atoms with Gasteiger partial charge in [-0.1, -0.05) is 30.7 Å². The Morgan fingerprint density at radius 2 is 1.90 bits per heavy atom. The van der Waals surface area contributed by atoms with E-state index in [1.807, 2.05) is 0 Å². The Hall–Kier alpha value is -1.76. The summed E-state index contributed by atoms with van der Waals surface area (Å²) >= 11 is 6.01. The number of nitrogens with one attached hydrogen (secondary N) is 1. The molecule has 0 bridgehead atoms. The SMILES string of the molecule is CCNS(=O)(=O)c1ccc(N)c(Oc2ccccc2Cl)c1. The molecular formula is C14H15ClN2O3S. The van der Waals surface area contributed by atoms with Gasteiger partial charge in [-0.2, -0.15) is 0 Å². The second-order valence-electron chi connectivity index (χ2n) is 4.23. The summed E-state index contributed by atoms with van der Waals surface area (Å²) in [5.74, 6) is 0.644. The van der Waals surface area contributed by atoms with Gasteiger partial charge < -0.3 is 10.5 Å². The van der Waals surface area contributed by atoms with Crippen molar-refractivity contribution >= 4 is 27.3 Å². The molecule has 0 aromatic heterocycles. The quantitative estimate of drug-likeness (QED) is 0.827. The van der Waals surface area contributed by atoms with Crippen LogP contribution in [0.3, 0.4) is 0 Å². The van der Waals surface area contributed by atoms with Crippen LogP contribution in [0.15, 0.2) is 47.4 Å². The van der Waals surface area contributed by atoms with E-state index in [-0.39, 0.29) is 10.6 Å². The van der Waals surface area contributed by atoms with E-state index < -0.39 is 10.0 Å². The molecule has 0 aliphatic rings. The molecule has 2 aromatic carbocycles. The molecule has 0 fully saturated rings. The van der Waals surface area contributed by atoms with Crippen molar-refractivity contribution < 1.29 is 13.2 Å². The summed E-state index contributed by atoms with van der Waals surface area (Å²) in [6, 6.07) is 11.2. The minimum Gasteiger partial charge on any atom is -0.454 e. The van der Waals surface area contributed by atoms with E-state index >= 15 is 0 Å². The first-order valence-electron chi connectivity index (χ1n) is 6.25. The Labute approximate surface area is 128 Å². The van der Waals surface area contributed by atoms with Crippen LogP contribution in [0.1, 0.15) is 6.92 Å². The van der Waals surface area contributed by atoms with Gasteiger partial charge in [-0.05, 0) is 24.3 Å².